The topological polar surface area (TPSA) is 105 Å². The lowest BCUT2D eigenvalue weighted by atomic mass is 10.0. The molecule has 2 aromatic rings. The number of aliphatic hydroxyl groups is 1. The van der Waals surface area contributed by atoms with Crippen molar-refractivity contribution in [1.29, 1.82) is 0 Å². The molecule has 0 aliphatic carbocycles. The first-order valence-corrected chi connectivity index (χ1v) is 8.60. The van der Waals surface area contributed by atoms with Crippen molar-refractivity contribution in [3.63, 3.8) is 0 Å². The monoisotopic (exact) mass is 358 g/mol. The molecular formula is C20H26N2O4. The second-order valence-electron chi connectivity index (χ2n) is 6.64. The van der Waals surface area contributed by atoms with E-state index in [4.69, 9.17) is 15.6 Å². The standard InChI is InChI=1S/C20H26N2O4/c1-13(2)12-26-16-6-3-14(4-7-16)10-22-11-19(23)17-9-15(20(24)25)5-8-18(17)21/h3-9,13,19,22-23H,10-12,21H2,1-2H3,(H,24,25). The highest BCUT2D eigenvalue weighted by atomic mass is 16.5. The van der Waals surface area contributed by atoms with Gasteiger partial charge in [-0.3, -0.25) is 0 Å². The highest BCUT2D eigenvalue weighted by Crippen LogP contribution is 2.22. The van der Waals surface area contributed by atoms with Gasteiger partial charge in [0.1, 0.15) is 5.75 Å². The van der Waals surface area contributed by atoms with Crippen molar-refractivity contribution in [2.45, 2.75) is 26.5 Å². The normalized spacial score (nSPS) is 12.2. The Labute approximate surface area is 153 Å². The lowest BCUT2D eigenvalue weighted by Crippen LogP contribution is -2.22. The van der Waals surface area contributed by atoms with Crippen LogP contribution in [0.15, 0.2) is 42.5 Å². The Morgan fingerprint density at radius 3 is 2.50 bits per heavy atom. The van der Waals surface area contributed by atoms with Crippen molar-refractivity contribution >= 4 is 11.7 Å². The highest BCUT2D eigenvalue weighted by Gasteiger charge is 2.14. The van der Waals surface area contributed by atoms with Crippen molar-refractivity contribution in [2.75, 3.05) is 18.9 Å². The smallest absolute Gasteiger partial charge is 0.335 e. The third-order valence-electron chi connectivity index (χ3n) is 3.87. The van der Waals surface area contributed by atoms with E-state index in [1.54, 1.807) is 0 Å². The number of nitrogens with two attached hydrogens (primary N) is 1. The van der Waals surface area contributed by atoms with E-state index in [0.717, 1.165) is 11.3 Å². The zero-order valence-corrected chi connectivity index (χ0v) is 15.1. The SMILES string of the molecule is CC(C)COc1ccc(CNCC(O)c2cc(C(=O)O)ccc2N)cc1. The fourth-order valence-corrected chi connectivity index (χ4v) is 2.43. The summed E-state index contributed by atoms with van der Waals surface area (Å²) in [4.78, 5) is 11.0. The van der Waals surface area contributed by atoms with Crippen LogP contribution in [0, 0.1) is 5.92 Å². The summed E-state index contributed by atoms with van der Waals surface area (Å²) in [6.45, 7) is 5.71. The Bertz CT molecular complexity index is 729. The Morgan fingerprint density at radius 1 is 1.19 bits per heavy atom. The van der Waals surface area contributed by atoms with Crippen LogP contribution in [0.2, 0.25) is 0 Å². The third kappa shape index (κ3) is 5.75. The molecule has 2 rings (SSSR count). The Hall–Kier alpha value is -2.57. The van der Waals surface area contributed by atoms with E-state index in [-0.39, 0.29) is 12.1 Å². The summed E-state index contributed by atoms with van der Waals surface area (Å²) in [6, 6.07) is 12.1. The van der Waals surface area contributed by atoms with E-state index in [1.807, 2.05) is 24.3 Å². The molecule has 140 valence electrons. The van der Waals surface area contributed by atoms with Crippen LogP contribution in [0.25, 0.3) is 0 Å². The Balaban J connectivity index is 1.87. The van der Waals surface area contributed by atoms with E-state index >= 15 is 0 Å². The Morgan fingerprint density at radius 2 is 1.88 bits per heavy atom. The summed E-state index contributed by atoms with van der Waals surface area (Å²) < 4.78 is 5.64. The fraction of sp³-hybridized carbons (Fsp3) is 0.350. The van der Waals surface area contributed by atoms with Gasteiger partial charge in [0.25, 0.3) is 0 Å². The molecule has 0 aliphatic rings. The zero-order valence-electron chi connectivity index (χ0n) is 15.1. The van der Waals surface area contributed by atoms with Gasteiger partial charge in [0.2, 0.25) is 0 Å². The van der Waals surface area contributed by atoms with Gasteiger partial charge in [-0.1, -0.05) is 26.0 Å². The Kier molecular flexibility index (Phi) is 7.00. The van der Waals surface area contributed by atoms with Gasteiger partial charge in [0.05, 0.1) is 18.3 Å². The molecule has 1 unspecified atom stereocenters. The van der Waals surface area contributed by atoms with Crippen LogP contribution in [0.1, 0.15) is 41.4 Å². The van der Waals surface area contributed by atoms with Crippen molar-refractivity contribution in [3.8, 4) is 5.75 Å². The molecule has 0 saturated heterocycles. The molecule has 26 heavy (non-hydrogen) atoms. The second-order valence-corrected chi connectivity index (χ2v) is 6.64. The number of carboxylic acids is 1. The first-order valence-electron chi connectivity index (χ1n) is 8.60. The van der Waals surface area contributed by atoms with Crippen molar-refractivity contribution < 1.29 is 19.7 Å². The first-order chi connectivity index (χ1) is 12.4. The molecule has 5 N–H and O–H groups in total. The van der Waals surface area contributed by atoms with Crippen molar-refractivity contribution in [1.82, 2.24) is 5.32 Å². The quantitative estimate of drug-likeness (QED) is 0.514. The molecule has 0 aromatic heterocycles. The maximum Gasteiger partial charge on any atom is 0.335 e. The number of anilines is 1. The van der Waals surface area contributed by atoms with Gasteiger partial charge in [0.15, 0.2) is 0 Å². The number of hydrogen-bond acceptors (Lipinski definition) is 5. The fourth-order valence-electron chi connectivity index (χ4n) is 2.43. The summed E-state index contributed by atoms with van der Waals surface area (Å²) in [7, 11) is 0. The number of nitrogen functional groups attached to an aromatic ring is 1. The van der Waals surface area contributed by atoms with Crippen LogP contribution in [0.4, 0.5) is 5.69 Å². The lowest BCUT2D eigenvalue weighted by molar-refractivity contribution is 0.0696. The molecule has 0 bridgehead atoms. The number of carbonyl (C=O) groups is 1. The predicted molar refractivity (Wildman–Crippen MR) is 101 cm³/mol. The maximum absolute atomic E-state index is 11.0. The summed E-state index contributed by atoms with van der Waals surface area (Å²) in [6.07, 6.45) is -0.886. The van der Waals surface area contributed by atoms with Crippen LogP contribution in [0.5, 0.6) is 5.75 Å². The molecule has 2 aromatic carbocycles. The average molecular weight is 358 g/mol. The highest BCUT2D eigenvalue weighted by molar-refractivity contribution is 5.88. The predicted octanol–water partition coefficient (Wildman–Crippen LogP) is 2.83. The van der Waals surface area contributed by atoms with Gasteiger partial charge in [-0.05, 0) is 41.8 Å². The molecule has 6 nitrogen and oxygen atoms in total. The van der Waals surface area contributed by atoms with Gasteiger partial charge >= 0.3 is 5.97 Å². The molecule has 0 amide bonds. The summed E-state index contributed by atoms with van der Waals surface area (Å²) in [5.41, 5.74) is 7.79. The van der Waals surface area contributed by atoms with E-state index in [9.17, 15) is 9.90 Å². The third-order valence-corrected chi connectivity index (χ3v) is 3.87. The molecule has 0 heterocycles. The minimum absolute atomic E-state index is 0.102. The van der Waals surface area contributed by atoms with Gasteiger partial charge in [-0.2, -0.15) is 0 Å². The number of hydrogen-bond donors (Lipinski definition) is 4. The van der Waals surface area contributed by atoms with Gasteiger partial charge in [-0.25, -0.2) is 4.79 Å². The number of nitrogens with one attached hydrogen (secondary N) is 1. The molecular weight excluding hydrogens is 332 g/mol. The van der Waals surface area contributed by atoms with Crippen LogP contribution >= 0.6 is 0 Å². The number of benzene rings is 2. The van der Waals surface area contributed by atoms with Gasteiger partial charge in [0, 0.05) is 24.3 Å². The molecule has 0 fully saturated rings. The van der Waals surface area contributed by atoms with Crippen molar-refractivity contribution in [3.05, 3.63) is 59.2 Å². The first kappa shape index (κ1) is 19.8. The number of aromatic carboxylic acids is 1. The van der Waals surface area contributed by atoms with Gasteiger partial charge < -0.3 is 26.0 Å². The molecule has 6 heteroatoms. The van der Waals surface area contributed by atoms with Crippen LogP contribution in [-0.2, 0) is 6.54 Å². The lowest BCUT2D eigenvalue weighted by Gasteiger charge is -2.15. The minimum atomic E-state index is -1.05. The number of carboxylic acid groups (broad SMARTS) is 1. The zero-order chi connectivity index (χ0) is 19.1. The molecule has 0 saturated carbocycles. The van der Waals surface area contributed by atoms with Gasteiger partial charge in [-0.15, -0.1) is 0 Å². The minimum Gasteiger partial charge on any atom is -0.493 e. The van der Waals surface area contributed by atoms with E-state index in [1.165, 1.54) is 18.2 Å². The van der Waals surface area contributed by atoms with Crippen LogP contribution in [0.3, 0.4) is 0 Å². The van der Waals surface area contributed by atoms with Crippen LogP contribution < -0.4 is 15.8 Å². The largest absolute Gasteiger partial charge is 0.493 e. The number of rotatable bonds is 9. The van der Waals surface area contributed by atoms with E-state index in [0.29, 0.717) is 30.3 Å². The summed E-state index contributed by atoms with van der Waals surface area (Å²) in [5, 5.41) is 22.5. The van der Waals surface area contributed by atoms with E-state index < -0.39 is 12.1 Å². The van der Waals surface area contributed by atoms with Crippen LogP contribution in [-0.4, -0.2) is 29.3 Å². The molecule has 1 atom stereocenters. The summed E-state index contributed by atoms with van der Waals surface area (Å²) in [5.74, 6) is 0.261. The number of aliphatic hydroxyl groups excluding tert-OH is 1. The van der Waals surface area contributed by atoms with Crippen molar-refractivity contribution in [2.24, 2.45) is 5.92 Å². The second kappa shape index (κ2) is 9.22. The molecule has 0 aliphatic heterocycles. The summed E-state index contributed by atoms with van der Waals surface area (Å²) >= 11 is 0. The molecule has 0 radical (unpaired) electrons. The number of ether oxygens (including phenoxy) is 1. The average Bonchev–Trinajstić information content (AvgIpc) is 2.61. The molecule has 0 spiro atoms. The maximum atomic E-state index is 11.0. The van der Waals surface area contributed by atoms with E-state index in [2.05, 4.69) is 19.2 Å².